The van der Waals surface area contributed by atoms with Gasteiger partial charge in [-0.2, -0.15) is 0 Å². The van der Waals surface area contributed by atoms with E-state index in [4.69, 9.17) is 4.74 Å². The van der Waals surface area contributed by atoms with Crippen LogP contribution in [0.15, 0.2) is 42.5 Å². The van der Waals surface area contributed by atoms with Crippen LogP contribution in [-0.4, -0.2) is 74.9 Å². The molecule has 0 bridgehead atoms. The summed E-state index contributed by atoms with van der Waals surface area (Å²) < 4.78 is 5.65. The van der Waals surface area contributed by atoms with Gasteiger partial charge in [0.2, 0.25) is 0 Å². The molecule has 9 heteroatoms. The number of hydrogen-bond donors (Lipinski definition) is 3. The number of aliphatic hydroxyl groups excluding tert-OH is 1. The number of amides is 2. The third-order valence-corrected chi connectivity index (χ3v) is 6.94. The molecule has 2 aliphatic rings. The number of fused-ring (bicyclic) bond motifs is 2. The van der Waals surface area contributed by atoms with Gasteiger partial charge in [-0.15, -0.1) is 0 Å². The standard InChI is InChI=1S/C27H35BN2O6/c1-26(2,3)36-25(33)30-14-18-9-7-6-8-17(18)12-22(30)23(31)15-29-16-27(4,5)21-13-19(28(34)35)10-11-20(21)24(29)32/h6-11,13,22-23,31,34-35H,12,14-16H2,1-5H3. The first kappa shape index (κ1) is 26.2. The second kappa shape index (κ2) is 9.54. The molecule has 2 unspecified atom stereocenters. The third-order valence-electron chi connectivity index (χ3n) is 6.94. The van der Waals surface area contributed by atoms with Crippen molar-refractivity contribution in [2.75, 3.05) is 13.1 Å². The van der Waals surface area contributed by atoms with Crippen molar-refractivity contribution in [2.24, 2.45) is 0 Å². The van der Waals surface area contributed by atoms with Gasteiger partial charge in [0.25, 0.3) is 5.91 Å². The Labute approximate surface area is 212 Å². The van der Waals surface area contributed by atoms with Crippen LogP contribution >= 0.6 is 0 Å². The van der Waals surface area contributed by atoms with Crippen molar-refractivity contribution in [1.29, 1.82) is 0 Å². The Morgan fingerprint density at radius 3 is 2.47 bits per heavy atom. The van der Waals surface area contributed by atoms with Gasteiger partial charge < -0.3 is 24.8 Å². The fourth-order valence-corrected chi connectivity index (χ4v) is 5.18. The molecular weight excluding hydrogens is 459 g/mol. The second-order valence-corrected chi connectivity index (χ2v) is 11.5. The highest BCUT2D eigenvalue weighted by atomic mass is 16.6. The Morgan fingerprint density at radius 1 is 1.17 bits per heavy atom. The van der Waals surface area contributed by atoms with Crippen LogP contribution in [0.1, 0.15) is 61.7 Å². The lowest BCUT2D eigenvalue weighted by molar-refractivity contribution is -0.0193. The van der Waals surface area contributed by atoms with E-state index in [9.17, 15) is 24.7 Å². The Balaban J connectivity index is 1.60. The highest BCUT2D eigenvalue weighted by Gasteiger charge is 2.41. The smallest absolute Gasteiger partial charge is 0.444 e. The molecule has 8 nitrogen and oxygen atoms in total. The molecular formula is C27H35BN2O6. The summed E-state index contributed by atoms with van der Waals surface area (Å²) >= 11 is 0. The highest BCUT2D eigenvalue weighted by Crippen LogP contribution is 2.34. The maximum absolute atomic E-state index is 13.4. The van der Waals surface area contributed by atoms with E-state index in [0.717, 1.165) is 16.7 Å². The first-order valence-corrected chi connectivity index (χ1v) is 12.3. The lowest BCUT2D eigenvalue weighted by atomic mass is 9.72. The minimum Gasteiger partial charge on any atom is -0.444 e. The first-order chi connectivity index (χ1) is 16.8. The second-order valence-electron chi connectivity index (χ2n) is 11.5. The van der Waals surface area contributed by atoms with Crippen LogP contribution in [0, 0.1) is 0 Å². The number of hydrogen-bond acceptors (Lipinski definition) is 6. The number of rotatable bonds is 4. The SMILES string of the molecule is CC(C)(C)OC(=O)N1Cc2ccccc2CC1C(O)CN1CC(C)(C)c2cc(B(O)O)ccc2C1=O. The molecule has 192 valence electrons. The van der Waals surface area contributed by atoms with Crippen LogP contribution in [0.3, 0.4) is 0 Å². The minimum absolute atomic E-state index is 0.0538. The molecule has 0 spiro atoms. The summed E-state index contributed by atoms with van der Waals surface area (Å²) in [6.45, 7) is 10.1. The monoisotopic (exact) mass is 494 g/mol. The van der Waals surface area contributed by atoms with Crippen molar-refractivity contribution in [3.63, 3.8) is 0 Å². The molecule has 2 amide bonds. The predicted octanol–water partition coefficient (Wildman–Crippen LogP) is 1.82. The van der Waals surface area contributed by atoms with Crippen molar-refractivity contribution in [3.05, 3.63) is 64.7 Å². The summed E-state index contributed by atoms with van der Waals surface area (Å²) in [7, 11) is -1.62. The molecule has 2 atom stereocenters. The van der Waals surface area contributed by atoms with Crippen molar-refractivity contribution in [1.82, 2.24) is 9.80 Å². The van der Waals surface area contributed by atoms with Crippen molar-refractivity contribution < 1.29 is 29.5 Å². The molecule has 0 saturated carbocycles. The number of carbonyl (C=O) groups excluding carboxylic acids is 2. The highest BCUT2D eigenvalue weighted by molar-refractivity contribution is 6.58. The van der Waals surface area contributed by atoms with Crippen LogP contribution in [-0.2, 0) is 23.1 Å². The van der Waals surface area contributed by atoms with E-state index < -0.39 is 36.4 Å². The Morgan fingerprint density at radius 2 is 1.83 bits per heavy atom. The number of β-amino-alcohol motifs (C(OH)–C–C–N with tert-alkyl or cyclic N) is 1. The van der Waals surface area contributed by atoms with E-state index in [2.05, 4.69) is 0 Å². The number of ether oxygens (including phenoxy) is 1. The van der Waals surface area contributed by atoms with E-state index in [1.165, 1.54) is 6.07 Å². The molecule has 2 aromatic rings. The van der Waals surface area contributed by atoms with E-state index in [1.54, 1.807) is 42.7 Å². The summed E-state index contributed by atoms with van der Waals surface area (Å²) in [4.78, 5) is 29.7. The number of nitrogens with zero attached hydrogens (tertiary/aromatic N) is 2. The summed E-state index contributed by atoms with van der Waals surface area (Å²) in [5.74, 6) is -0.234. The number of aliphatic hydroxyl groups is 1. The topological polar surface area (TPSA) is 111 Å². The average Bonchev–Trinajstić information content (AvgIpc) is 2.80. The fraction of sp³-hybridized carbons (Fsp3) is 0.481. The van der Waals surface area contributed by atoms with Crippen molar-refractivity contribution in [2.45, 2.75) is 70.7 Å². The van der Waals surface area contributed by atoms with Gasteiger partial charge in [0.1, 0.15) is 5.60 Å². The van der Waals surface area contributed by atoms with Gasteiger partial charge in [-0.1, -0.05) is 50.2 Å². The van der Waals surface area contributed by atoms with E-state index in [-0.39, 0.29) is 12.5 Å². The van der Waals surface area contributed by atoms with Gasteiger partial charge in [-0.25, -0.2) is 4.79 Å². The fourth-order valence-electron chi connectivity index (χ4n) is 5.18. The molecule has 0 aliphatic carbocycles. The van der Waals surface area contributed by atoms with Gasteiger partial charge in [-0.05, 0) is 55.4 Å². The van der Waals surface area contributed by atoms with Crippen LogP contribution in [0.4, 0.5) is 4.79 Å². The quantitative estimate of drug-likeness (QED) is 0.560. The normalized spacial score (nSPS) is 19.9. The Kier molecular flexibility index (Phi) is 6.94. The van der Waals surface area contributed by atoms with Crippen LogP contribution < -0.4 is 5.46 Å². The van der Waals surface area contributed by atoms with Crippen LogP contribution in [0.5, 0.6) is 0 Å². The Bertz CT molecular complexity index is 1160. The molecule has 0 aromatic heterocycles. The molecule has 2 heterocycles. The van der Waals surface area contributed by atoms with Crippen molar-refractivity contribution >= 4 is 24.6 Å². The van der Waals surface area contributed by atoms with Crippen molar-refractivity contribution in [3.8, 4) is 0 Å². The number of carbonyl (C=O) groups is 2. The van der Waals surface area contributed by atoms with Gasteiger partial charge >= 0.3 is 13.2 Å². The van der Waals surface area contributed by atoms with E-state index >= 15 is 0 Å². The van der Waals surface area contributed by atoms with Gasteiger partial charge in [-0.3, -0.25) is 9.69 Å². The van der Waals surface area contributed by atoms with Gasteiger partial charge in [0, 0.05) is 30.6 Å². The lowest BCUT2D eigenvalue weighted by Gasteiger charge is -2.44. The predicted molar refractivity (Wildman–Crippen MR) is 137 cm³/mol. The van der Waals surface area contributed by atoms with Gasteiger partial charge in [0.05, 0.1) is 12.1 Å². The lowest BCUT2D eigenvalue weighted by Crippen LogP contribution is -2.57. The van der Waals surface area contributed by atoms with E-state index in [1.807, 2.05) is 38.1 Å². The van der Waals surface area contributed by atoms with Crippen LogP contribution in [0.2, 0.25) is 0 Å². The molecule has 3 N–H and O–H groups in total. The van der Waals surface area contributed by atoms with Crippen LogP contribution in [0.25, 0.3) is 0 Å². The largest absolute Gasteiger partial charge is 0.488 e. The average molecular weight is 494 g/mol. The summed E-state index contributed by atoms with van der Waals surface area (Å²) in [6, 6.07) is 12.1. The maximum Gasteiger partial charge on any atom is 0.488 e. The molecule has 0 radical (unpaired) electrons. The zero-order valence-corrected chi connectivity index (χ0v) is 21.6. The first-order valence-electron chi connectivity index (χ1n) is 12.3. The summed E-state index contributed by atoms with van der Waals surface area (Å²) in [5.41, 5.74) is 2.47. The molecule has 0 saturated heterocycles. The zero-order valence-electron chi connectivity index (χ0n) is 21.6. The molecule has 4 rings (SSSR count). The minimum atomic E-state index is -1.62. The molecule has 2 aromatic carbocycles. The summed E-state index contributed by atoms with van der Waals surface area (Å²) in [5, 5.41) is 30.6. The molecule has 0 fully saturated rings. The molecule has 36 heavy (non-hydrogen) atoms. The van der Waals surface area contributed by atoms with Gasteiger partial charge in [0.15, 0.2) is 0 Å². The maximum atomic E-state index is 13.4. The number of benzene rings is 2. The molecule has 2 aliphatic heterocycles. The summed E-state index contributed by atoms with van der Waals surface area (Å²) in [6.07, 6.45) is -1.03. The zero-order chi connectivity index (χ0) is 26.4. The Hall–Kier alpha value is -2.88. The van der Waals surface area contributed by atoms with E-state index in [0.29, 0.717) is 30.5 Å². The third kappa shape index (κ3) is 5.28.